The van der Waals surface area contributed by atoms with Crippen LogP contribution in [0.5, 0.6) is 0 Å². The van der Waals surface area contributed by atoms with E-state index in [1.165, 1.54) is 6.08 Å². The Morgan fingerprint density at radius 2 is 1.88 bits per heavy atom. The summed E-state index contributed by atoms with van der Waals surface area (Å²) in [7, 11) is 0. The van der Waals surface area contributed by atoms with E-state index in [9.17, 15) is 4.79 Å². The number of aromatic amines is 1. The topological polar surface area (TPSA) is 78.0 Å². The molecule has 25 heavy (non-hydrogen) atoms. The molecule has 0 aliphatic rings. The van der Waals surface area contributed by atoms with Gasteiger partial charge in [-0.3, -0.25) is 10.0 Å². The van der Waals surface area contributed by atoms with Crippen molar-refractivity contribution in [1.82, 2.24) is 15.4 Å². The number of nitrogens with one attached hydrogen (secondary N) is 2. The van der Waals surface area contributed by atoms with E-state index >= 15 is 0 Å². The Balaban J connectivity index is 1.73. The van der Waals surface area contributed by atoms with Crippen LogP contribution in [0, 0.1) is 0 Å². The first-order valence-electron chi connectivity index (χ1n) is 7.66. The predicted molar refractivity (Wildman–Crippen MR) is 99.9 cm³/mol. The van der Waals surface area contributed by atoms with E-state index in [2.05, 4.69) is 25.9 Å². The van der Waals surface area contributed by atoms with Crippen molar-refractivity contribution in [3.05, 3.63) is 82.2 Å². The predicted octanol–water partition coefficient (Wildman–Crippen LogP) is 3.95. The third-order valence-electron chi connectivity index (χ3n) is 3.64. The maximum Gasteiger partial charge on any atom is 0.267 e. The Hall–Kier alpha value is -2.70. The number of halogens is 1. The lowest BCUT2D eigenvalue weighted by molar-refractivity contribution is -0.124. The Morgan fingerprint density at radius 3 is 2.56 bits per heavy atom. The minimum absolute atomic E-state index is 0.557. The van der Waals surface area contributed by atoms with Gasteiger partial charge in [0.05, 0.1) is 0 Å². The maximum absolute atomic E-state index is 11.0. The zero-order valence-corrected chi connectivity index (χ0v) is 14.8. The second-order valence-electron chi connectivity index (χ2n) is 5.44. The van der Waals surface area contributed by atoms with Crippen molar-refractivity contribution < 1.29 is 10.0 Å². The molecule has 0 saturated carbocycles. The molecule has 0 atom stereocenters. The standard InChI is InChI=1S/C19H16BrN3O2/c20-19-18(15-4-2-1-3-5-15)21-16(22-19)12-14-8-6-13(7-9-14)10-11-17(24)23-25/h1-11,25H,12H2,(H,21,22)(H,23,24)/b11-10+. The summed E-state index contributed by atoms with van der Waals surface area (Å²) in [5.41, 5.74) is 5.48. The van der Waals surface area contributed by atoms with Crippen molar-refractivity contribution >= 4 is 27.9 Å². The first kappa shape index (κ1) is 17.1. The number of H-pyrrole nitrogens is 1. The third kappa shape index (κ3) is 4.43. The van der Waals surface area contributed by atoms with Gasteiger partial charge in [0.25, 0.3) is 5.91 Å². The minimum Gasteiger partial charge on any atom is -0.336 e. The molecule has 0 bridgehead atoms. The normalized spacial score (nSPS) is 11.0. The van der Waals surface area contributed by atoms with Crippen LogP contribution in [0.1, 0.15) is 17.0 Å². The van der Waals surface area contributed by atoms with Gasteiger partial charge < -0.3 is 4.98 Å². The van der Waals surface area contributed by atoms with Crippen LogP contribution in [0.2, 0.25) is 0 Å². The Kier molecular flexibility index (Phi) is 5.42. The number of carbonyl (C=O) groups excluding carboxylic acids is 1. The van der Waals surface area contributed by atoms with Crippen molar-refractivity contribution in [3.63, 3.8) is 0 Å². The molecule has 126 valence electrons. The number of carbonyl (C=O) groups is 1. The smallest absolute Gasteiger partial charge is 0.267 e. The van der Waals surface area contributed by atoms with Crippen molar-refractivity contribution in [2.45, 2.75) is 6.42 Å². The SMILES string of the molecule is O=C(/C=C/c1ccc(Cc2nc(-c3ccccc3)c(Br)[nH]2)cc1)NO. The summed E-state index contributed by atoms with van der Waals surface area (Å²) < 4.78 is 0.864. The molecule has 0 aliphatic carbocycles. The molecular weight excluding hydrogens is 382 g/mol. The molecule has 3 aromatic rings. The number of benzene rings is 2. The van der Waals surface area contributed by atoms with Crippen LogP contribution < -0.4 is 5.48 Å². The molecule has 1 amide bonds. The largest absolute Gasteiger partial charge is 0.336 e. The van der Waals surface area contributed by atoms with Crippen LogP contribution in [0.25, 0.3) is 17.3 Å². The van der Waals surface area contributed by atoms with Gasteiger partial charge in [-0.05, 0) is 33.1 Å². The molecule has 0 unspecified atom stereocenters. The van der Waals surface area contributed by atoms with E-state index in [-0.39, 0.29) is 0 Å². The van der Waals surface area contributed by atoms with Gasteiger partial charge >= 0.3 is 0 Å². The van der Waals surface area contributed by atoms with Crippen molar-refractivity contribution in [2.75, 3.05) is 0 Å². The summed E-state index contributed by atoms with van der Waals surface area (Å²) >= 11 is 3.53. The molecule has 3 N–H and O–H groups in total. The zero-order chi connectivity index (χ0) is 17.6. The van der Waals surface area contributed by atoms with Crippen LogP contribution in [0.4, 0.5) is 0 Å². The lowest BCUT2D eigenvalue weighted by Gasteiger charge is -2.00. The van der Waals surface area contributed by atoms with Crippen molar-refractivity contribution in [3.8, 4) is 11.3 Å². The molecule has 0 fully saturated rings. The average molecular weight is 398 g/mol. The number of imidazole rings is 1. The summed E-state index contributed by atoms with van der Waals surface area (Å²) in [6, 6.07) is 17.8. The van der Waals surface area contributed by atoms with E-state index in [0.29, 0.717) is 6.42 Å². The van der Waals surface area contributed by atoms with Crippen LogP contribution in [0.15, 0.2) is 65.3 Å². The Morgan fingerprint density at radius 1 is 1.16 bits per heavy atom. The molecule has 1 aromatic heterocycles. The lowest BCUT2D eigenvalue weighted by atomic mass is 10.1. The highest BCUT2D eigenvalue weighted by molar-refractivity contribution is 9.10. The van der Waals surface area contributed by atoms with Crippen molar-refractivity contribution in [1.29, 1.82) is 0 Å². The fraction of sp³-hybridized carbons (Fsp3) is 0.0526. The number of rotatable bonds is 5. The van der Waals surface area contributed by atoms with Gasteiger partial charge in [0.15, 0.2) is 0 Å². The second kappa shape index (κ2) is 7.92. The van der Waals surface area contributed by atoms with E-state index < -0.39 is 5.91 Å². The highest BCUT2D eigenvalue weighted by Gasteiger charge is 2.10. The molecule has 0 aliphatic heterocycles. The van der Waals surface area contributed by atoms with Crippen molar-refractivity contribution in [2.24, 2.45) is 0 Å². The number of amides is 1. The molecule has 1 heterocycles. The molecule has 3 rings (SSSR count). The highest BCUT2D eigenvalue weighted by Crippen LogP contribution is 2.26. The number of hydrogen-bond acceptors (Lipinski definition) is 3. The number of aromatic nitrogens is 2. The van der Waals surface area contributed by atoms with Crippen LogP contribution in [0.3, 0.4) is 0 Å². The average Bonchev–Trinajstić information content (AvgIpc) is 3.01. The summed E-state index contributed by atoms with van der Waals surface area (Å²) in [4.78, 5) is 18.9. The lowest BCUT2D eigenvalue weighted by Crippen LogP contribution is -2.14. The van der Waals surface area contributed by atoms with Gasteiger partial charge in [0, 0.05) is 18.1 Å². The van der Waals surface area contributed by atoms with Crippen LogP contribution in [-0.2, 0) is 11.2 Å². The van der Waals surface area contributed by atoms with Gasteiger partial charge in [0.1, 0.15) is 16.1 Å². The molecule has 0 spiro atoms. The van der Waals surface area contributed by atoms with Gasteiger partial charge in [-0.2, -0.15) is 0 Å². The Labute approximate surface area is 153 Å². The van der Waals surface area contributed by atoms with Crippen LogP contribution in [-0.4, -0.2) is 21.1 Å². The summed E-state index contributed by atoms with van der Waals surface area (Å²) in [6.45, 7) is 0. The minimum atomic E-state index is -0.557. The highest BCUT2D eigenvalue weighted by atomic mass is 79.9. The van der Waals surface area contributed by atoms with Gasteiger partial charge in [-0.15, -0.1) is 0 Å². The quantitative estimate of drug-likeness (QED) is 0.346. The van der Waals surface area contributed by atoms with E-state index in [0.717, 1.165) is 32.8 Å². The van der Waals surface area contributed by atoms with E-state index in [1.54, 1.807) is 11.6 Å². The molecule has 6 heteroatoms. The fourth-order valence-corrected chi connectivity index (χ4v) is 2.96. The van der Waals surface area contributed by atoms with Gasteiger partial charge in [-0.25, -0.2) is 10.5 Å². The first-order chi connectivity index (χ1) is 12.2. The molecule has 2 aromatic carbocycles. The maximum atomic E-state index is 11.0. The molecule has 0 saturated heterocycles. The molecule has 0 radical (unpaired) electrons. The van der Waals surface area contributed by atoms with E-state index in [4.69, 9.17) is 5.21 Å². The number of hydrogen-bond donors (Lipinski definition) is 3. The number of nitrogens with zero attached hydrogens (tertiary/aromatic N) is 1. The summed E-state index contributed by atoms with van der Waals surface area (Å²) in [5.74, 6) is 0.312. The fourth-order valence-electron chi connectivity index (χ4n) is 2.42. The zero-order valence-electron chi connectivity index (χ0n) is 13.2. The van der Waals surface area contributed by atoms with Crippen LogP contribution >= 0.6 is 15.9 Å². The van der Waals surface area contributed by atoms with E-state index in [1.807, 2.05) is 54.6 Å². The molecular formula is C19H16BrN3O2. The summed E-state index contributed by atoms with van der Waals surface area (Å²) in [5, 5.41) is 8.46. The second-order valence-corrected chi connectivity index (χ2v) is 6.23. The Bertz CT molecular complexity index is 887. The summed E-state index contributed by atoms with van der Waals surface area (Å²) in [6.07, 6.45) is 3.57. The van der Waals surface area contributed by atoms with Gasteiger partial charge in [0.2, 0.25) is 0 Å². The third-order valence-corrected chi connectivity index (χ3v) is 4.22. The molecule has 5 nitrogen and oxygen atoms in total. The number of hydroxylamine groups is 1. The monoisotopic (exact) mass is 397 g/mol. The first-order valence-corrected chi connectivity index (χ1v) is 8.46. The van der Waals surface area contributed by atoms with Gasteiger partial charge in [-0.1, -0.05) is 54.6 Å².